The minimum Gasteiger partial charge on any atom is -0.504 e. The molecular formula is C18H22O5S. The first-order valence-electron chi connectivity index (χ1n) is 7.98. The molecule has 24 heavy (non-hydrogen) atoms. The highest BCUT2D eigenvalue weighted by Crippen LogP contribution is 2.35. The average Bonchev–Trinajstić information content (AvgIpc) is 2.54. The van der Waals surface area contributed by atoms with Crippen LogP contribution in [0.4, 0.5) is 0 Å². The second-order valence-corrected chi connectivity index (χ2v) is 7.05. The van der Waals surface area contributed by atoms with Crippen LogP contribution in [0.25, 0.3) is 0 Å². The Bertz CT molecular complexity index is 766. The van der Waals surface area contributed by atoms with E-state index in [4.69, 9.17) is 9.29 Å². The van der Waals surface area contributed by atoms with Gasteiger partial charge in [0.25, 0.3) is 10.1 Å². The summed E-state index contributed by atoms with van der Waals surface area (Å²) in [5.74, 6) is 0.814. The number of hydrogen-bond acceptors (Lipinski definition) is 4. The normalized spacial score (nSPS) is 11.4. The summed E-state index contributed by atoms with van der Waals surface area (Å²) in [7, 11) is -4.23. The van der Waals surface area contributed by atoms with Gasteiger partial charge >= 0.3 is 0 Å². The van der Waals surface area contributed by atoms with Crippen LogP contribution in [-0.4, -0.2) is 18.1 Å². The van der Waals surface area contributed by atoms with E-state index in [0.29, 0.717) is 11.5 Å². The fraction of sp³-hybridized carbons (Fsp3) is 0.333. The highest BCUT2D eigenvalue weighted by molar-refractivity contribution is 7.85. The van der Waals surface area contributed by atoms with E-state index in [1.54, 1.807) is 12.1 Å². The van der Waals surface area contributed by atoms with Crippen molar-refractivity contribution in [1.29, 1.82) is 0 Å². The monoisotopic (exact) mass is 350 g/mol. The first kappa shape index (κ1) is 18.3. The second-order valence-electron chi connectivity index (χ2n) is 5.62. The largest absolute Gasteiger partial charge is 0.504 e. The number of hydrogen-bond donors (Lipinski definition) is 2. The van der Waals surface area contributed by atoms with E-state index in [0.717, 1.165) is 31.2 Å². The van der Waals surface area contributed by atoms with E-state index >= 15 is 0 Å². The molecule has 2 aromatic rings. The second kappa shape index (κ2) is 8.17. The fourth-order valence-corrected chi connectivity index (χ4v) is 2.91. The van der Waals surface area contributed by atoms with Crippen LogP contribution >= 0.6 is 0 Å². The minimum atomic E-state index is -4.23. The van der Waals surface area contributed by atoms with Crippen molar-refractivity contribution in [2.75, 3.05) is 0 Å². The lowest BCUT2D eigenvalue weighted by atomic mass is 10.0. The lowest BCUT2D eigenvalue weighted by Gasteiger charge is -2.13. The smallest absolute Gasteiger partial charge is 0.294 e. The molecule has 0 radical (unpaired) electrons. The lowest BCUT2D eigenvalue weighted by molar-refractivity contribution is 0.406. The molecule has 0 bridgehead atoms. The Hall–Kier alpha value is -2.05. The van der Waals surface area contributed by atoms with Crippen LogP contribution in [-0.2, 0) is 16.5 Å². The number of rotatable bonds is 8. The molecule has 0 unspecified atom stereocenters. The Morgan fingerprint density at radius 3 is 2.33 bits per heavy atom. The van der Waals surface area contributed by atoms with E-state index in [-0.39, 0.29) is 10.6 Å². The number of benzene rings is 2. The molecule has 0 saturated heterocycles. The first-order valence-corrected chi connectivity index (χ1v) is 9.42. The van der Waals surface area contributed by atoms with Crippen molar-refractivity contribution in [2.24, 2.45) is 0 Å². The molecule has 0 atom stereocenters. The predicted molar refractivity (Wildman–Crippen MR) is 92.3 cm³/mol. The summed E-state index contributed by atoms with van der Waals surface area (Å²) in [4.78, 5) is -0.202. The number of phenols is 1. The summed E-state index contributed by atoms with van der Waals surface area (Å²) in [6, 6.07) is 10.6. The van der Waals surface area contributed by atoms with Crippen LogP contribution in [0.5, 0.6) is 17.2 Å². The zero-order valence-electron chi connectivity index (χ0n) is 13.6. The maximum Gasteiger partial charge on any atom is 0.294 e. The Morgan fingerprint density at radius 2 is 1.71 bits per heavy atom. The van der Waals surface area contributed by atoms with E-state index in [9.17, 15) is 13.5 Å². The van der Waals surface area contributed by atoms with E-state index in [2.05, 4.69) is 6.92 Å². The predicted octanol–water partition coefficient (Wildman–Crippen LogP) is 4.55. The van der Waals surface area contributed by atoms with Crippen molar-refractivity contribution in [3.8, 4) is 17.2 Å². The quantitative estimate of drug-likeness (QED) is 0.539. The summed E-state index contributed by atoms with van der Waals surface area (Å²) < 4.78 is 36.8. The molecule has 0 aliphatic rings. The van der Waals surface area contributed by atoms with Crippen LogP contribution in [0.15, 0.2) is 47.4 Å². The van der Waals surface area contributed by atoms with Crippen molar-refractivity contribution in [1.82, 2.24) is 0 Å². The highest BCUT2D eigenvalue weighted by Gasteiger charge is 2.12. The van der Waals surface area contributed by atoms with Gasteiger partial charge in [0.05, 0.1) is 4.90 Å². The van der Waals surface area contributed by atoms with E-state index in [1.165, 1.54) is 30.7 Å². The molecule has 2 N–H and O–H groups in total. The molecule has 0 aliphatic heterocycles. The molecule has 0 aromatic heterocycles. The topological polar surface area (TPSA) is 83.8 Å². The molecule has 0 heterocycles. The molecule has 130 valence electrons. The van der Waals surface area contributed by atoms with Gasteiger partial charge in [-0.1, -0.05) is 38.3 Å². The van der Waals surface area contributed by atoms with Gasteiger partial charge in [0.2, 0.25) is 0 Å². The summed E-state index contributed by atoms with van der Waals surface area (Å²) in [5.41, 5.74) is 0.907. The van der Waals surface area contributed by atoms with Crippen LogP contribution in [0.3, 0.4) is 0 Å². The highest BCUT2D eigenvalue weighted by atomic mass is 32.2. The zero-order chi connectivity index (χ0) is 17.6. The number of ether oxygens (including phenoxy) is 1. The Morgan fingerprint density at radius 1 is 1.00 bits per heavy atom. The fourth-order valence-electron chi connectivity index (χ4n) is 2.43. The van der Waals surface area contributed by atoms with Crippen LogP contribution in [0.2, 0.25) is 0 Å². The number of aromatic hydroxyl groups is 1. The molecule has 2 aromatic carbocycles. The van der Waals surface area contributed by atoms with Gasteiger partial charge in [-0.3, -0.25) is 4.55 Å². The van der Waals surface area contributed by atoms with E-state index in [1.807, 2.05) is 6.07 Å². The van der Waals surface area contributed by atoms with Gasteiger partial charge in [0.1, 0.15) is 5.75 Å². The van der Waals surface area contributed by atoms with Gasteiger partial charge in [-0.2, -0.15) is 8.42 Å². The Labute approximate surface area is 142 Å². The molecule has 5 nitrogen and oxygen atoms in total. The molecule has 0 fully saturated rings. The summed E-state index contributed by atoms with van der Waals surface area (Å²) in [6.07, 6.45) is 5.26. The Kier molecular flexibility index (Phi) is 6.23. The maximum absolute atomic E-state index is 11.1. The number of phenolic OH excluding ortho intramolecular Hbond substituents is 1. The van der Waals surface area contributed by atoms with Crippen molar-refractivity contribution in [2.45, 2.75) is 43.9 Å². The maximum atomic E-state index is 11.1. The van der Waals surface area contributed by atoms with Crippen molar-refractivity contribution in [3.63, 3.8) is 0 Å². The van der Waals surface area contributed by atoms with Gasteiger partial charge in [0.15, 0.2) is 11.5 Å². The Balaban J connectivity index is 2.16. The van der Waals surface area contributed by atoms with Gasteiger partial charge in [-0.15, -0.1) is 0 Å². The van der Waals surface area contributed by atoms with Crippen molar-refractivity contribution >= 4 is 10.1 Å². The third-order valence-electron chi connectivity index (χ3n) is 3.72. The minimum absolute atomic E-state index is 0.0434. The van der Waals surface area contributed by atoms with Crippen LogP contribution in [0, 0.1) is 0 Å². The standard InChI is InChI=1S/C18H22O5S/c1-2-3-4-5-7-14-8-6-9-17(19)18(14)23-15-10-12-16(13-11-15)24(20,21)22/h6,8-13,19H,2-5,7H2,1H3,(H,20,21,22). The SMILES string of the molecule is CCCCCCc1cccc(O)c1Oc1ccc(S(=O)(=O)O)cc1. The third-order valence-corrected chi connectivity index (χ3v) is 4.58. The molecule has 0 amide bonds. The van der Waals surface area contributed by atoms with Gasteiger partial charge in [-0.25, -0.2) is 0 Å². The number of aryl methyl sites for hydroxylation is 1. The third kappa shape index (κ3) is 4.97. The summed E-state index contributed by atoms with van der Waals surface area (Å²) in [5, 5.41) is 10.1. The van der Waals surface area contributed by atoms with Gasteiger partial charge in [0, 0.05) is 0 Å². The molecule has 2 rings (SSSR count). The van der Waals surface area contributed by atoms with Crippen molar-refractivity contribution < 1.29 is 22.8 Å². The van der Waals surface area contributed by atoms with Gasteiger partial charge in [-0.05, 0) is 48.7 Å². The van der Waals surface area contributed by atoms with Crippen LogP contribution in [0.1, 0.15) is 38.2 Å². The average molecular weight is 350 g/mol. The summed E-state index contributed by atoms with van der Waals surface area (Å²) >= 11 is 0. The molecule has 0 saturated carbocycles. The molecule has 0 aliphatic carbocycles. The van der Waals surface area contributed by atoms with Gasteiger partial charge < -0.3 is 9.84 Å². The molecule has 6 heteroatoms. The molecule has 0 spiro atoms. The summed E-state index contributed by atoms with van der Waals surface area (Å²) in [6.45, 7) is 2.15. The van der Waals surface area contributed by atoms with Crippen LogP contribution < -0.4 is 4.74 Å². The van der Waals surface area contributed by atoms with E-state index < -0.39 is 10.1 Å². The number of unbranched alkanes of at least 4 members (excludes halogenated alkanes) is 3. The first-order chi connectivity index (χ1) is 11.4. The lowest BCUT2D eigenvalue weighted by Crippen LogP contribution is -1.98. The van der Waals surface area contributed by atoms with Crippen molar-refractivity contribution in [3.05, 3.63) is 48.0 Å². The molecular weight excluding hydrogens is 328 g/mol. The number of para-hydroxylation sites is 1. The zero-order valence-corrected chi connectivity index (χ0v) is 14.4.